The summed E-state index contributed by atoms with van der Waals surface area (Å²) in [4.78, 5) is 30.1. The number of hydrogen-bond acceptors (Lipinski definition) is 8. The summed E-state index contributed by atoms with van der Waals surface area (Å²) >= 11 is 0. The zero-order chi connectivity index (χ0) is 21.7. The lowest BCUT2D eigenvalue weighted by molar-refractivity contribution is 0.0693. The third kappa shape index (κ3) is 5.06. The predicted molar refractivity (Wildman–Crippen MR) is 110 cm³/mol. The number of carbonyl (C=O) groups is 2. The lowest BCUT2D eigenvalue weighted by Crippen LogP contribution is -2.48. The molecule has 2 aromatic rings. The van der Waals surface area contributed by atoms with Crippen molar-refractivity contribution in [3.05, 3.63) is 53.2 Å². The van der Waals surface area contributed by atoms with Gasteiger partial charge in [-0.1, -0.05) is 12.1 Å². The number of aromatic hydroxyl groups is 1. The number of carboxylic acid groups (broad SMARTS) is 1. The van der Waals surface area contributed by atoms with Gasteiger partial charge < -0.3 is 35.8 Å². The summed E-state index contributed by atoms with van der Waals surface area (Å²) in [6.07, 6.45) is 1.23. The van der Waals surface area contributed by atoms with Crippen LogP contribution in [0.3, 0.4) is 0 Å². The van der Waals surface area contributed by atoms with Crippen molar-refractivity contribution in [2.75, 3.05) is 31.1 Å². The molecule has 1 amide bonds. The fraction of sp³-hybridized carbons (Fsp3) is 0.316. The van der Waals surface area contributed by atoms with Crippen molar-refractivity contribution in [3.8, 4) is 5.75 Å². The van der Waals surface area contributed by atoms with Crippen molar-refractivity contribution in [2.45, 2.75) is 12.4 Å². The molecule has 1 atom stereocenters. The number of rotatable bonds is 7. The number of nitrogens with zero attached hydrogens (tertiary/aromatic N) is 2. The zero-order valence-corrected chi connectivity index (χ0v) is 16.2. The minimum Gasteiger partial charge on any atom is -0.507 e. The molecule has 0 bridgehead atoms. The summed E-state index contributed by atoms with van der Waals surface area (Å²) in [5.41, 5.74) is 0.0984. The Bertz CT molecular complexity index is 902. The van der Waals surface area contributed by atoms with Crippen LogP contribution in [0.4, 0.5) is 5.82 Å². The lowest BCUT2D eigenvalue weighted by Gasteiger charge is -2.28. The summed E-state index contributed by atoms with van der Waals surface area (Å²) in [6, 6.07) is 7.44. The summed E-state index contributed by atoms with van der Waals surface area (Å²) in [6.45, 7) is 3.35. The second-order valence-corrected chi connectivity index (χ2v) is 6.96. The number of anilines is 1. The highest BCUT2D eigenvalue weighted by atomic mass is 16.4. The number of carboxylic acids is 1. The Morgan fingerprint density at radius 2 is 1.93 bits per heavy atom. The Balaban J connectivity index is 1.70. The van der Waals surface area contributed by atoms with Gasteiger partial charge in [-0.25, -0.2) is 9.78 Å². The molecule has 3 rings (SSSR count). The molecule has 11 heteroatoms. The largest absolute Gasteiger partial charge is 0.507 e. The van der Waals surface area contributed by atoms with E-state index in [1.165, 1.54) is 24.4 Å². The van der Waals surface area contributed by atoms with Gasteiger partial charge >= 0.3 is 13.1 Å². The number of para-hydroxylation sites is 1. The number of hydrogen-bond donors (Lipinski definition) is 6. The van der Waals surface area contributed by atoms with Crippen LogP contribution < -0.4 is 15.5 Å². The molecule has 0 saturated carbocycles. The molecule has 1 aromatic carbocycles. The Labute approximate surface area is 173 Å². The van der Waals surface area contributed by atoms with Crippen molar-refractivity contribution < 1.29 is 29.9 Å². The first kappa shape index (κ1) is 21.6. The van der Waals surface area contributed by atoms with E-state index in [4.69, 9.17) is 5.11 Å². The number of aromatic carboxylic acids is 1. The molecule has 30 heavy (non-hydrogen) atoms. The second kappa shape index (κ2) is 9.57. The van der Waals surface area contributed by atoms with E-state index in [-0.39, 0.29) is 23.1 Å². The first-order chi connectivity index (χ1) is 14.4. The summed E-state index contributed by atoms with van der Waals surface area (Å²) in [7, 11) is -1.92. The minimum atomic E-state index is -1.92. The van der Waals surface area contributed by atoms with Crippen LogP contribution in [0.25, 0.3) is 0 Å². The molecule has 10 nitrogen and oxygen atoms in total. The third-order valence-corrected chi connectivity index (χ3v) is 4.92. The summed E-state index contributed by atoms with van der Waals surface area (Å²) < 4.78 is 0. The maximum absolute atomic E-state index is 12.5. The van der Waals surface area contributed by atoms with Crippen LogP contribution in [0.5, 0.6) is 5.75 Å². The number of benzene rings is 1. The van der Waals surface area contributed by atoms with Crippen molar-refractivity contribution in [3.63, 3.8) is 0 Å². The minimum absolute atomic E-state index is 0.167. The number of pyridine rings is 1. The van der Waals surface area contributed by atoms with Gasteiger partial charge in [0, 0.05) is 32.4 Å². The van der Waals surface area contributed by atoms with Crippen LogP contribution in [0, 0.1) is 0 Å². The van der Waals surface area contributed by atoms with Crippen LogP contribution >= 0.6 is 0 Å². The molecule has 0 aliphatic carbocycles. The van der Waals surface area contributed by atoms with Crippen molar-refractivity contribution in [1.29, 1.82) is 0 Å². The van der Waals surface area contributed by atoms with Crippen LogP contribution in [0.2, 0.25) is 0 Å². The molecular weight excluding hydrogens is 391 g/mol. The molecule has 1 aliphatic rings. The predicted octanol–water partition coefficient (Wildman–Crippen LogP) is -0.752. The summed E-state index contributed by atoms with van der Waals surface area (Å²) in [5.74, 6) is -2.77. The molecule has 0 spiro atoms. The van der Waals surface area contributed by atoms with E-state index in [1.807, 2.05) is 0 Å². The maximum Gasteiger partial charge on any atom is 0.475 e. The third-order valence-electron chi connectivity index (χ3n) is 4.92. The first-order valence-corrected chi connectivity index (χ1v) is 9.49. The van der Waals surface area contributed by atoms with Gasteiger partial charge in [-0.05, 0) is 30.2 Å². The van der Waals surface area contributed by atoms with E-state index in [2.05, 4.69) is 20.5 Å². The monoisotopic (exact) mass is 414 g/mol. The molecule has 6 N–H and O–H groups in total. The van der Waals surface area contributed by atoms with E-state index in [9.17, 15) is 24.7 Å². The molecule has 0 radical (unpaired) electrons. The number of piperazine rings is 1. The van der Waals surface area contributed by atoms with Gasteiger partial charge in [-0.3, -0.25) is 4.79 Å². The fourth-order valence-corrected chi connectivity index (χ4v) is 3.25. The van der Waals surface area contributed by atoms with Gasteiger partial charge in [0.2, 0.25) is 0 Å². The number of amides is 1. The van der Waals surface area contributed by atoms with E-state index in [0.717, 1.165) is 32.0 Å². The van der Waals surface area contributed by atoms with Crippen molar-refractivity contribution in [1.82, 2.24) is 15.6 Å². The Kier molecular flexibility index (Phi) is 6.88. The fourth-order valence-electron chi connectivity index (χ4n) is 3.25. The quantitative estimate of drug-likeness (QED) is 0.321. The number of phenols is 1. The topological polar surface area (TPSA) is 155 Å². The molecule has 1 saturated heterocycles. The molecule has 2 heterocycles. The van der Waals surface area contributed by atoms with Gasteiger partial charge in [0.05, 0.1) is 11.5 Å². The van der Waals surface area contributed by atoms with Gasteiger partial charge in [0.25, 0.3) is 5.91 Å². The standard InChI is InChI=1S/C19H23BN4O6/c25-17-12(2-1-3-14(17)19(27)28)10-15(20(29)30)23-18(26)13-4-5-16(22-11-13)24-8-6-21-7-9-24/h1-5,11,15,21,25,29-30H,6-10H2,(H,23,26)(H,27,28)/t15-/m0/s1. The second-order valence-electron chi connectivity index (χ2n) is 6.96. The van der Waals surface area contributed by atoms with Crippen LogP contribution in [-0.4, -0.2) is 76.4 Å². The zero-order valence-electron chi connectivity index (χ0n) is 16.2. The van der Waals surface area contributed by atoms with Gasteiger partial charge in [0.15, 0.2) is 0 Å². The Morgan fingerprint density at radius 1 is 1.20 bits per heavy atom. The van der Waals surface area contributed by atoms with Crippen LogP contribution in [0.1, 0.15) is 26.3 Å². The average Bonchev–Trinajstić information content (AvgIpc) is 2.75. The average molecular weight is 414 g/mol. The van der Waals surface area contributed by atoms with Crippen molar-refractivity contribution >= 4 is 24.8 Å². The van der Waals surface area contributed by atoms with Gasteiger partial charge in [0.1, 0.15) is 17.1 Å². The van der Waals surface area contributed by atoms with Crippen LogP contribution in [0.15, 0.2) is 36.5 Å². The van der Waals surface area contributed by atoms with E-state index >= 15 is 0 Å². The highest BCUT2D eigenvalue weighted by Crippen LogP contribution is 2.24. The van der Waals surface area contributed by atoms with Crippen LogP contribution in [-0.2, 0) is 6.42 Å². The van der Waals surface area contributed by atoms with E-state index in [0.29, 0.717) is 0 Å². The van der Waals surface area contributed by atoms with Gasteiger partial charge in [-0.2, -0.15) is 0 Å². The number of carbonyl (C=O) groups excluding carboxylic acids is 1. The molecule has 158 valence electrons. The Hall–Kier alpha value is -3.15. The molecular formula is C19H23BN4O6. The Morgan fingerprint density at radius 3 is 2.53 bits per heavy atom. The number of nitrogens with one attached hydrogen (secondary N) is 2. The maximum atomic E-state index is 12.5. The highest BCUT2D eigenvalue weighted by Gasteiger charge is 2.28. The lowest BCUT2D eigenvalue weighted by atomic mass is 9.75. The van der Waals surface area contributed by atoms with Gasteiger partial charge in [-0.15, -0.1) is 0 Å². The molecule has 0 unspecified atom stereocenters. The highest BCUT2D eigenvalue weighted by molar-refractivity contribution is 6.43. The molecule has 1 fully saturated rings. The first-order valence-electron chi connectivity index (χ1n) is 9.49. The smallest absolute Gasteiger partial charge is 0.475 e. The van der Waals surface area contributed by atoms with E-state index < -0.39 is 30.7 Å². The molecule has 1 aliphatic heterocycles. The summed E-state index contributed by atoms with van der Waals surface area (Å²) in [5, 5.41) is 44.3. The van der Waals surface area contributed by atoms with Crippen molar-refractivity contribution in [2.24, 2.45) is 0 Å². The van der Waals surface area contributed by atoms with E-state index in [1.54, 1.807) is 12.1 Å². The number of aromatic nitrogens is 1. The normalized spacial score (nSPS) is 14.8. The SMILES string of the molecule is O=C(N[C@@H](Cc1cccc(C(=O)O)c1O)B(O)O)c1ccc(N2CCNCC2)nc1. The molecule has 1 aromatic heterocycles.